The van der Waals surface area contributed by atoms with Crippen molar-refractivity contribution in [2.75, 3.05) is 0 Å². The van der Waals surface area contributed by atoms with E-state index in [1.807, 2.05) is 49.4 Å². The molecule has 0 aliphatic heterocycles. The number of hydrogen-bond donors (Lipinski definition) is 0. The van der Waals surface area contributed by atoms with Gasteiger partial charge in [0.15, 0.2) is 0 Å². The Kier molecular flexibility index (Phi) is 3.98. The van der Waals surface area contributed by atoms with Gasteiger partial charge in [-0.3, -0.25) is 0 Å². The molecule has 2 aromatic rings. The molecule has 0 saturated carbocycles. The number of alkyl halides is 1. The molecule has 0 amide bonds. The van der Waals surface area contributed by atoms with Crippen molar-refractivity contribution in [3.05, 3.63) is 69.2 Å². The lowest BCUT2D eigenvalue weighted by Gasteiger charge is -2.12. The van der Waals surface area contributed by atoms with Crippen LogP contribution in [-0.4, -0.2) is 0 Å². The Balaban J connectivity index is 2.36. The van der Waals surface area contributed by atoms with Crippen molar-refractivity contribution in [1.82, 2.24) is 0 Å². The molecule has 0 aromatic heterocycles. The Hall–Kier alpha value is -0.690. The first-order chi connectivity index (χ1) is 8.08. The monoisotopic (exact) mass is 284 g/mol. The van der Waals surface area contributed by atoms with Gasteiger partial charge in [-0.2, -0.15) is 0 Å². The van der Waals surface area contributed by atoms with Gasteiger partial charge in [0.05, 0.1) is 5.38 Å². The van der Waals surface area contributed by atoms with Gasteiger partial charge in [-0.25, -0.2) is 0 Å². The largest absolute Gasteiger partial charge is 0.113 e. The van der Waals surface area contributed by atoms with Crippen LogP contribution in [-0.2, 0) is 0 Å². The fourth-order valence-electron chi connectivity index (χ4n) is 1.65. The van der Waals surface area contributed by atoms with Crippen LogP contribution in [0.4, 0.5) is 0 Å². The molecule has 0 aliphatic carbocycles. The molecule has 0 bridgehead atoms. The lowest BCUT2D eigenvalue weighted by Crippen LogP contribution is -1.94. The van der Waals surface area contributed by atoms with Gasteiger partial charge in [0.2, 0.25) is 0 Å². The van der Waals surface area contributed by atoms with Crippen LogP contribution in [0.15, 0.2) is 42.5 Å². The van der Waals surface area contributed by atoms with Crippen LogP contribution >= 0.6 is 34.8 Å². The SMILES string of the molecule is Cc1ccc(C(Cl)c2ccc(Cl)cc2)c(Cl)c1. The molecule has 0 radical (unpaired) electrons. The minimum atomic E-state index is -0.250. The van der Waals surface area contributed by atoms with Crippen LogP contribution in [0.25, 0.3) is 0 Å². The molecule has 2 aromatic carbocycles. The summed E-state index contributed by atoms with van der Waals surface area (Å²) in [4.78, 5) is 0. The highest BCUT2D eigenvalue weighted by Crippen LogP contribution is 2.34. The standard InChI is InChI=1S/C14H11Cl3/c1-9-2-7-12(13(16)8-9)14(17)10-3-5-11(15)6-4-10/h2-8,14H,1H3. The maximum atomic E-state index is 6.41. The third-order valence-corrected chi connectivity index (χ3v) is 3.66. The van der Waals surface area contributed by atoms with Gasteiger partial charge in [-0.15, -0.1) is 11.6 Å². The molecule has 0 aliphatic rings. The van der Waals surface area contributed by atoms with Crippen molar-refractivity contribution < 1.29 is 0 Å². The maximum absolute atomic E-state index is 6.41. The summed E-state index contributed by atoms with van der Waals surface area (Å²) >= 11 is 18.5. The second-order valence-corrected chi connectivity index (χ2v) is 5.22. The van der Waals surface area contributed by atoms with Crippen LogP contribution in [0.5, 0.6) is 0 Å². The van der Waals surface area contributed by atoms with E-state index < -0.39 is 0 Å². The smallest absolute Gasteiger partial charge is 0.0849 e. The molecule has 17 heavy (non-hydrogen) atoms. The average molecular weight is 286 g/mol. The third-order valence-electron chi connectivity index (χ3n) is 2.59. The highest BCUT2D eigenvalue weighted by Gasteiger charge is 2.13. The highest BCUT2D eigenvalue weighted by atomic mass is 35.5. The van der Waals surface area contributed by atoms with Gasteiger partial charge in [0.1, 0.15) is 0 Å². The lowest BCUT2D eigenvalue weighted by molar-refractivity contribution is 1.14. The van der Waals surface area contributed by atoms with E-state index >= 15 is 0 Å². The topological polar surface area (TPSA) is 0 Å². The molecule has 0 fully saturated rings. The molecule has 0 nitrogen and oxygen atoms in total. The molecule has 88 valence electrons. The first kappa shape index (κ1) is 12.8. The number of benzene rings is 2. The van der Waals surface area contributed by atoms with E-state index in [-0.39, 0.29) is 5.38 Å². The zero-order valence-corrected chi connectivity index (χ0v) is 11.5. The molecule has 1 unspecified atom stereocenters. The van der Waals surface area contributed by atoms with Gasteiger partial charge in [0.25, 0.3) is 0 Å². The fraction of sp³-hybridized carbons (Fsp3) is 0.143. The van der Waals surface area contributed by atoms with E-state index in [0.29, 0.717) is 10.0 Å². The molecule has 0 saturated heterocycles. The van der Waals surface area contributed by atoms with Crippen molar-refractivity contribution in [3.8, 4) is 0 Å². The summed E-state index contributed by atoms with van der Waals surface area (Å²) in [7, 11) is 0. The first-order valence-electron chi connectivity index (χ1n) is 5.23. The molecular weight excluding hydrogens is 275 g/mol. The van der Waals surface area contributed by atoms with Crippen molar-refractivity contribution in [2.45, 2.75) is 12.3 Å². The number of halogens is 3. The predicted molar refractivity (Wildman–Crippen MR) is 75.3 cm³/mol. The summed E-state index contributed by atoms with van der Waals surface area (Å²) in [6.07, 6.45) is 0. The Bertz CT molecular complexity index is 517. The average Bonchev–Trinajstić information content (AvgIpc) is 2.29. The number of aryl methyl sites for hydroxylation is 1. The van der Waals surface area contributed by atoms with Crippen molar-refractivity contribution in [1.29, 1.82) is 0 Å². The van der Waals surface area contributed by atoms with Gasteiger partial charge in [-0.1, -0.05) is 47.5 Å². The summed E-state index contributed by atoms with van der Waals surface area (Å²) in [5.41, 5.74) is 3.03. The minimum absolute atomic E-state index is 0.250. The number of rotatable bonds is 2. The Morgan fingerprint density at radius 2 is 1.59 bits per heavy atom. The zero-order valence-electron chi connectivity index (χ0n) is 9.25. The van der Waals surface area contributed by atoms with Crippen LogP contribution < -0.4 is 0 Å². The lowest BCUT2D eigenvalue weighted by atomic mass is 10.0. The Morgan fingerprint density at radius 1 is 0.941 bits per heavy atom. The highest BCUT2D eigenvalue weighted by molar-refractivity contribution is 6.33. The normalized spacial score (nSPS) is 12.5. The van der Waals surface area contributed by atoms with Crippen LogP contribution in [0.3, 0.4) is 0 Å². The quantitative estimate of drug-likeness (QED) is 0.627. The zero-order chi connectivity index (χ0) is 12.4. The Morgan fingerprint density at radius 3 is 2.18 bits per heavy atom. The van der Waals surface area contributed by atoms with E-state index in [4.69, 9.17) is 34.8 Å². The third kappa shape index (κ3) is 2.95. The van der Waals surface area contributed by atoms with E-state index in [0.717, 1.165) is 16.7 Å². The van der Waals surface area contributed by atoms with E-state index in [1.54, 1.807) is 0 Å². The molecule has 0 spiro atoms. The van der Waals surface area contributed by atoms with E-state index in [2.05, 4.69) is 0 Å². The first-order valence-corrected chi connectivity index (χ1v) is 6.43. The summed E-state index contributed by atoms with van der Waals surface area (Å²) in [5.74, 6) is 0. The second-order valence-electron chi connectivity index (χ2n) is 3.94. The molecule has 1 atom stereocenters. The van der Waals surface area contributed by atoms with E-state index in [1.165, 1.54) is 0 Å². The molecule has 3 heteroatoms. The van der Waals surface area contributed by atoms with Crippen molar-refractivity contribution in [3.63, 3.8) is 0 Å². The molecule has 2 rings (SSSR count). The molecule has 0 N–H and O–H groups in total. The minimum Gasteiger partial charge on any atom is -0.113 e. The van der Waals surface area contributed by atoms with Gasteiger partial charge in [0, 0.05) is 10.0 Å². The van der Waals surface area contributed by atoms with Crippen molar-refractivity contribution >= 4 is 34.8 Å². The Labute approximate surface area is 116 Å². The van der Waals surface area contributed by atoms with Crippen LogP contribution in [0.1, 0.15) is 22.1 Å². The van der Waals surface area contributed by atoms with Crippen LogP contribution in [0.2, 0.25) is 10.0 Å². The summed E-state index contributed by atoms with van der Waals surface area (Å²) in [6.45, 7) is 2.00. The number of hydrogen-bond acceptors (Lipinski definition) is 0. The summed E-state index contributed by atoms with van der Waals surface area (Å²) < 4.78 is 0. The van der Waals surface area contributed by atoms with Gasteiger partial charge < -0.3 is 0 Å². The maximum Gasteiger partial charge on any atom is 0.0849 e. The summed E-state index contributed by atoms with van der Waals surface area (Å²) in [5, 5.41) is 1.15. The summed E-state index contributed by atoms with van der Waals surface area (Å²) in [6, 6.07) is 13.4. The predicted octanol–water partition coefficient (Wildman–Crippen LogP) is 5.63. The van der Waals surface area contributed by atoms with Gasteiger partial charge in [-0.05, 0) is 41.8 Å². The second kappa shape index (κ2) is 5.30. The molecular formula is C14H11Cl3. The van der Waals surface area contributed by atoms with E-state index in [9.17, 15) is 0 Å². The molecule has 0 heterocycles. The van der Waals surface area contributed by atoms with Crippen molar-refractivity contribution in [2.24, 2.45) is 0 Å². The fourth-order valence-corrected chi connectivity index (χ4v) is 2.51. The van der Waals surface area contributed by atoms with Gasteiger partial charge >= 0.3 is 0 Å². The van der Waals surface area contributed by atoms with Crippen LogP contribution in [0, 0.1) is 6.92 Å².